The van der Waals surface area contributed by atoms with Crippen molar-refractivity contribution in [1.29, 1.82) is 0 Å². The largest absolute Gasteiger partial charge is 0.371 e. The van der Waals surface area contributed by atoms with Gasteiger partial charge in [0.15, 0.2) is 0 Å². The van der Waals surface area contributed by atoms with Gasteiger partial charge in [-0.2, -0.15) is 0 Å². The Balaban J connectivity index is 0.00000192. The lowest BCUT2D eigenvalue weighted by Gasteiger charge is -2.22. The molecule has 2 saturated heterocycles. The van der Waals surface area contributed by atoms with E-state index >= 15 is 0 Å². The maximum absolute atomic E-state index is 13.2. The molecule has 4 nitrogen and oxygen atoms in total. The van der Waals surface area contributed by atoms with Gasteiger partial charge in [-0.15, -0.1) is 12.4 Å². The fourth-order valence-corrected chi connectivity index (χ4v) is 3.03. The molecule has 3 unspecified atom stereocenters. The third kappa shape index (κ3) is 4.32. The van der Waals surface area contributed by atoms with Crippen LogP contribution in [0, 0.1) is 0 Å². The summed E-state index contributed by atoms with van der Waals surface area (Å²) in [5.41, 5.74) is 0.914. The highest BCUT2D eigenvalue weighted by Gasteiger charge is 2.43. The number of carbonyl (C=O) groups is 1. The number of alkyl halides is 2. The van der Waals surface area contributed by atoms with Crippen molar-refractivity contribution in [2.45, 2.75) is 37.0 Å². The number of hydrogen-bond acceptors (Lipinski definition) is 3. The molecule has 2 fully saturated rings. The van der Waals surface area contributed by atoms with Crippen LogP contribution in [0.5, 0.6) is 0 Å². The summed E-state index contributed by atoms with van der Waals surface area (Å²) in [5, 5.41) is 6.02. The molecule has 2 aliphatic rings. The van der Waals surface area contributed by atoms with E-state index in [9.17, 15) is 13.6 Å². The van der Waals surface area contributed by atoms with Crippen molar-refractivity contribution in [1.82, 2.24) is 10.6 Å². The van der Waals surface area contributed by atoms with E-state index in [1.807, 2.05) is 12.1 Å². The Morgan fingerprint density at radius 2 is 2.04 bits per heavy atom. The Hall–Kier alpha value is -0.950. The quantitative estimate of drug-likeness (QED) is 0.864. The summed E-state index contributed by atoms with van der Waals surface area (Å²) in [6.45, 7) is 0.0688. The predicted molar refractivity (Wildman–Crippen MR) is 85.3 cm³/mol. The van der Waals surface area contributed by atoms with Crippen LogP contribution >= 0.6 is 24.0 Å². The van der Waals surface area contributed by atoms with Gasteiger partial charge in [0.25, 0.3) is 5.92 Å². The second-order valence-corrected chi connectivity index (χ2v) is 6.18. The molecule has 0 aliphatic carbocycles. The summed E-state index contributed by atoms with van der Waals surface area (Å²) >= 11 is 5.86. The van der Waals surface area contributed by atoms with Gasteiger partial charge in [-0.05, 0) is 24.1 Å². The zero-order chi connectivity index (χ0) is 15.7. The Labute approximate surface area is 144 Å². The predicted octanol–water partition coefficient (Wildman–Crippen LogP) is 2.71. The van der Waals surface area contributed by atoms with Crippen molar-refractivity contribution < 1.29 is 18.3 Å². The van der Waals surface area contributed by atoms with E-state index in [-0.39, 0.29) is 24.6 Å². The average molecular weight is 367 g/mol. The summed E-state index contributed by atoms with van der Waals surface area (Å²) in [5.74, 6) is -3.21. The monoisotopic (exact) mass is 366 g/mol. The van der Waals surface area contributed by atoms with Crippen LogP contribution in [-0.4, -0.2) is 37.1 Å². The van der Waals surface area contributed by atoms with Gasteiger partial charge in [0.05, 0.1) is 18.6 Å². The maximum atomic E-state index is 13.2. The fourth-order valence-electron chi connectivity index (χ4n) is 2.90. The molecule has 0 spiro atoms. The van der Waals surface area contributed by atoms with Gasteiger partial charge in [-0.3, -0.25) is 10.1 Å². The smallest absolute Gasteiger partial charge is 0.262 e. The van der Waals surface area contributed by atoms with Crippen LogP contribution in [0.4, 0.5) is 8.78 Å². The zero-order valence-corrected chi connectivity index (χ0v) is 13.8. The molecule has 1 amide bonds. The lowest BCUT2D eigenvalue weighted by molar-refractivity contribution is -0.124. The standard InChI is InChI=1S/C15H17ClF2N2O2.ClH/c16-10-3-1-9(2-4-10)13-11(5-6-22-13)20-14(21)12-7-15(17,18)8-19-12;/h1-4,11-13,19H,5-8H2,(H,20,21);1H. The molecule has 23 heavy (non-hydrogen) atoms. The van der Waals surface area contributed by atoms with Crippen molar-refractivity contribution in [3.8, 4) is 0 Å². The first-order chi connectivity index (χ1) is 10.4. The number of halogens is 4. The summed E-state index contributed by atoms with van der Waals surface area (Å²) in [4.78, 5) is 12.1. The van der Waals surface area contributed by atoms with Gasteiger partial charge in [0.2, 0.25) is 5.91 Å². The zero-order valence-electron chi connectivity index (χ0n) is 12.2. The molecule has 0 saturated carbocycles. The Kier molecular flexibility index (Phi) is 5.84. The van der Waals surface area contributed by atoms with Gasteiger partial charge in [-0.1, -0.05) is 23.7 Å². The third-order valence-electron chi connectivity index (χ3n) is 4.04. The highest BCUT2D eigenvalue weighted by atomic mass is 35.5. The highest BCUT2D eigenvalue weighted by Crippen LogP contribution is 2.31. The lowest BCUT2D eigenvalue weighted by atomic mass is 10.0. The van der Waals surface area contributed by atoms with Crippen LogP contribution in [0.15, 0.2) is 24.3 Å². The molecule has 0 bridgehead atoms. The van der Waals surface area contributed by atoms with E-state index in [4.69, 9.17) is 16.3 Å². The molecular weight excluding hydrogens is 349 g/mol. The SMILES string of the molecule is Cl.O=C(NC1CCOC1c1ccc(Cl)cc1)C1CC(F)(F)CN1. The molecule has 0 aromatic heterocycles. The summed E-state index contributed by atoms with van der Waals surface area (Å²) in [6, 6.07) is 6.15. The molecular formula is C15H18Cl2F2N2O2. The van der Waals surface area contributed by atoms with Crippen molar-refractivity contribution in [2.24, 2.45) is 0 Å². The van der Waals surface area contributed by atoms with Gasteiger partial charge in [-0.25, -0.2) is 8.78 Å². The Morgan fingerprint density at radius 3 is 2.65 bits per heavy atom. The summed E-state index contributed by atoms with van der Waals surface area (Å²) < 4.78 is 32.0. The second kappa shape index (κ2) is 7.30. The highest BCUT2D eigenvalue weighted by molar-refractivity contribution is 6.30. The van der Waals surface area contributed by atoms with Crippen molar-refractivity contribution >= 4 is 29.9 Å². The minimum absolute atomic E-state index is 0. The van der Waals surface area contributed by atoms with Gasteiger partial charge < -0.3 is 10.1 Å². The van der Waals surface area contributed by atoms with Crippen LogP contribution in [0.2, 0.25) is 5.02 Å². The topological polar surface area (TPSA) is 50.4 Å². The van der Waals surface area contributed by atoms with Crippen LogP contribution < -0.4 is 10.6 Å². The van der Waals surface area contributed by atoms with Crippen LogP contribution in [0.1, 0.15) is 24.5 Å². The number of amides is 1. The van der Waals surface area contributed by atoms with Crippen molar-refractivity contribution in [3.05, 3.63) is 34.9 Å². The Bertz CT molecular complexity index is 557. The summed E-state index contributed by atoms with van der Waals surface area (Å²) in [7, 11) is 0. The van der Waals surface area contributed by atoms with Gasteiger partial charge in [0.1, 0.15) is 6.10 Å². The van der Waals surface area contributed by atoms with Crippen molar-refractivity contribution in [3.63, 3.8) is 0 Å². The van der Waals surface area contributed by atoms with E-state index < -0.39 is 30.8 Å². The molecule has 8 heteroatoms. The van der Waals surface area contributed by atoms with Gasteiger partial charge in [0, 0.05) is 18.1 Å². The molecule has 3 atom stereocenters. The molecule has 3 rings (SSSR count). The van der Waals surface area contributed by atoms with Crippen LogP contribution in [-0.2, 0) is 9.53 Å². The number of benzene rings is 1. The first-order valence-corrected chi connectivity index (χ1v) is 7.61. The van der Waals surface area contributed by atoms with E-state index in [0.717, 1.165) is 5.56 Å². The average Bonchev–Trinajstić information content (AvgIpc) is 3.06. The number of rotatable bonds is 3. The number of hydrogen-bond donors (Lipinski definition) is 2. The minimum atomic E-state index is -2.82. The van der Waals surface area contributed by atoms with Crippen LogP contribution in [0.25, 0.3) is 0 Å². The minimum Gasteiger partial charge on any atom is -0.371 e. The third-order valence-corrected chi connectivity index (χ3v) is 4.30. The van der Waals surface area contributed by atoms with E-state index in [0.29, 0.717) is 18.1 Å². The molecule has 2 N–H and O–H groups in total. The van der Waals surface area contributed by atoms with Crippen LogP contribution in [0.3, 0.4) is 0 Å². The molecule has 128 valence electrons. The maximum Gasteiger partial charge on any atom is 0.262 e. The first kappa shape index (κ1) is 18.4. The first-order valence-electron chi connectivity index (χ1n) is 7.23. The molecule has 2 heterocycles. The Morgan fingerprint density at radius 1 is 1.35 bits per heavy atom. The second-order valence-electron chi connectivity index (χ2n) is 5.74. The fraction of sp³-hybridized carbons (Fsp3) is 0.533. The summed E-state index contributed by atoms with van der Waals surface area (Å²) in [6.07, 6.45) is -0.0803. The van der Waals surface area contributed by atoms with Crippen molar-refractivity contribution in [2.75, 3.05) is 13.2 Å². The molecule has 1 aromatic carbocycles. The number of ether oxygens (including phenoxy) is 1. The number of carbonyl (C=O) groups excluding carboxylic acids is 1. The van der Waals surface area contributed by atoms with E-state index in [2.05, 4.69) is 10.6 Å². The van der Waals surface area contributed by atoms with E-state index in [1.54, 1.807) is 12.1 Å². The van der Waals surface area contributed by atoms with Gasteiger partial charge >= 0.3 is 0 Å². The normalized spacial score (nSPS) is 29.1. The number of nitrogens with one attached hydrogen (secondary N) is 2. The lowest BCUT2D eigenvalue weighted by Crippen LogP contribution is -2.46. The molecule has 0 radical (unpaired) electrons. The molecule has 1 aromatic rings. The van der Waals surface area contributed by atoms with E-state index in [1.165, 1.54) is 0 Å². The molecule has 2 aliphatic heterocycles.